The summed E-state index contributed by atoms with van der Waals surface area (Å²) in [4.78, 5) is 18.5. The second kappa shape index (κ2) is 7.92. The van der Waals surface area contributed by atoms with Crippen LogP contribution >= 0.6 is 0 Å². The molecule has 0 spiro atoms. The molecule has 1 amide bonds. The Balaban J connectivity index is 1.34. The van der Waals surface area contributed by atoms with Crippen LogP contribution in [0.4, 0.5) is 0 Å². The molecule has 146 valence electrons. The molecule has 2 aromatic heterocycles. The SMILES string of the molecule is CCc1nc(C)c(C(=O)NC2CCC(n3nnc(-c4ccccc4)n3)CC2)o1. The number of aromatic nitrogens is 5. The van der Waals surface area contributed by atoms with Gasteiger partial charge in [-0.2, -0.15) is 4.80 Å². The second-order valence-electron chi connectivity index (χ2n) is 7.15. The maximum atomic E-state index is 12.5. The lowest BCUT2D eigenvalue weighted by atomic mass is 9.91. The van der Waals surface area contributed by atoms with Gasteiger partial charge in [0, 0.05) is 18.0 Å². The van der Waals surface area contributed by atoms with E-state index < -0.39 is 0 Å². The summed E-state index contributed by atoms with van der Waals surface area (Å²) in [5.41, 5.74) is 1.60. The van der Waals surface area contributed by atoms with Crippen LogP contribution in [0.3, 0.4) is 0 Å². The number of tetrazole rings is 1. The zero-order chi connectivity index (χ0) is 19.5. The van der Waals surface area contributed by atoms with Crippen molar-refractivity contribution in [2.24, 2.45) is 0 Å². The molecule has 1 aliphatic carbocycles. The topological polar surface area (TPSA) is 98.7 Å². The van der Waals surface area contributed by atoms with E-state index in [9.17, 15) is 4.79 Å². The lowest BCUT2D eigenvalue weighted by Crippen LogP contribution is -2.38. The number of nitrogens with one attached hydrogen (secondary N) is 1. The first-order chi connectivity index (χ1) is 13.6. The molecule has 1 N–H and O–H groups in total. The number of carbonyl (C=O) groups excluding carboxylic acids is 1. The van der Waals surface area contributed by atoms with Gasteiger partial charge in [0.2, 0.25) is 11.6 Å². The van der Waals surface area contributed by atoms with E-state index in [0.29, 0.717) is 29.6 Å². The Labute approximate surface area is 163 Å². The fourth-order valence-corrected chi connectivity index (χ4v) is 3.60. The predicted molar refractivity (Wildman–Crippen MR) is 103 cm³/mol. The summed E-state index contributed by atoms with van der Waals surface area (Å²) in [7, 11) is 0. The molecular weight excluding hydrogens is 356 g/mol. The molecule has 4 rings (SSSR count). The van der Waals surface area contributed by atoms with Crippen LogP contribution in [0.5, 0.6) is 0 Å². The summed E-state index contributed by atoms with van der Waals surface area (Å²) >= 11 is 0. The van der Waals surface area contributed by atoms with E-state index in [2.05, 4.69) is 25.7 Å². The average molecular weight is 380 g/mol. The summed E-state index contributed by atoms with van der Waals surface area (Å²) in [6, 6.07) is 10.2. The van der Waals surface area contributed by atoms with Gasteiger partial charge in [0.15, 0.2) is 5.89 Å². The zero-order valence-corrected chi connectivity index (χ0v) is 16.1. The van der Waals surface area contributed by atoms with Crippen LogP contribution in [-0.2, 0) is 6.42 Å². The highest BCUT2D eigenvalue weighted by atomic mass is 16.4. The maximum absolute atomic E-state index is 12.5. The fourth-order valence-electron chi connectivity index (χ4n) is 3.60. The molecular formula is C20H24N6O2. The molecule has 8 nitrogen and oxygen atoms in total. The minimum atomic E-state index is -0.182. The average Bonchev–Trinajstić information content (AvgIpc) is 3.36. The third-order valence-electron chi connectivity index (χ3n) is 5.17. The van der Waals surface area contributed by atoms with E-state index >= 15 is 0 Å². The highest BCUT2D eigenvalue weighted by molar-refractivity contribution is 5.92. The monoisotopic (exact) mass is 380 g/mol. The number of amides is 1. The first-order valence-corrected chi connectivity index (χ1v) is 9.76. The number of rotatable bonds is 5. The van der Waals surface area contributed by atoms with Crippen molar-refractivity contribution in [2.45, 2.75) is 58.0 Å². The molecule has 0 atom stereocenters. The van der Waals surface area contributed by atoms with Gasteiger partial charge in [0.1, 0.15) is 0 Å². The standard InChI is InChI=1S/C20H24N6O2/c1-3-17-21-13(2)18(28-17)20(27)22-15-9-11-16(12-10-15)26-24-19(23-25-26)14-7-5-4-6-8-14/h4-8,15-16H,3,9-12H2,1-2H3,(H,22,27). The summed E-state index contributed by atoms with van der Waals surface area (Å²) in [5, 5.41) is 16.0. The number of hydrogen-bond acceptors (Lipinski definition) is 6. The number of carbonyl (C=O) groups is 1. The van der Waals surface area contributed by atoms with Crippen LogP contribution in [0.25, 0.3) is 11.4 Å². The molecule has 8 heteroatoms. The van der Waals surface area contributed by atoms with Gasteiger partial charge in [-0.05, 0) is 37.8 Å². The van der Waals surface area contributed by atoms with Gasteiger partial charge in [-0.25, -0.2) is 4.98 Å². The number of aryl methyl sites for hydroxylation is 2. The third kappa shape index (κ3) is 3.81. The molecule has 0 saturated heterocycles. The van der Waals surface area contributed by atoms with Crippen LogP contribution < -0.4 is 5.32 Å². The van der Waals surface area contributed by atoms with Crippen LogP contribution in [-0.4, -0.2) is 37.1 Å². The van der Waals surface area contributed by atoms with Crippen molar-refractivity contribution in [3.05, 3.63) is 47.7 Å². The molecule has 0 unspecified atom stereocenters. The molecule has 0 radical (unpaired) electrons. The maximum Gasteiger partial charge on any atom is 0.289 e. The molecule has 1 fully saturated rings. The molecule has 1 aliphatic rings. The first-order valence-electron chi connectivity index (χ1n) is 9.76. The second-order valence-corrected chi connectivity index (χ2v) is 7.15. The smallest absolute Gasteiger partial charge is 0.289 e. The predicted octanol–water partition coefficient (Wildman–Crippen LogP) is 3.11. The normalized spacial score (nSPS) is 19.5. The van der Waals surface area contributed by atoms with Gasteiger partial charge < -0.3 is 9.73 Å². The van der Waals surface area contributed by atoms with E-state index in [-0.39, 0.29) is 18.0 Å². The van der Waals surface area contributed by atoms with E-state index in [1.807, 2.05) is 37.3 Å². The summed E-state index contributed by atoms with van der Waals surface area (Å²) in [6.45, 7) is 3.75. The number of nitrogens with zero attached hydrogens (tertiary/aromatic N) is 5. The van der Waals surface area contributed by atoms with Crippen LogP contribution in [0, 0.1) is 6.92 Å². The summed E-state index contributed by atoms with van der Waals surface area (Å²) in [6.07, 6.45) is 4.20. The van der Waals surface area contributed by atoms with Crippen molar-refractivity contribution in [1.29, 1.82) is 0 Å². The van der Waals surface area contributed by atoms with Crippen LogP contribution in [0.15, 0.2) is 34.7 Å². The van der Waals surface area contributed by atoms with Crippen LogP contribution in [0.1, 0.15) is 60.8 Å². The van der Waals surface area contributed by atoms with E-state index in [1.165, 1.54) is 0 Å². The van der Waals surface area contributed by atoms with E-state index in [1.54, 1.807) is 11.7 Å². The Morgan fingerprint density at radius 3 is 2.64 bits per heavy atom. The van der Waals surface area contributed by atoms with E-state index in [4.69, 9.17) is 4.42 Å². The molecule has 0 aliphatic heterocycles. The van der Waals surface area contributed by atoms with Crippen molar-refractivity contribution in [2.75, 3.05) is 0 Å². The molecule has 1 aromatic carbocycles. The van der Waals surface area contributed by atoms with Crippen molar-refractivity contribution in [3.8, 4) is 11.4 Å². The van der Waals surface area contributed by atoms with Crippen molar-refractivity contribution in [1.82, 2.24) is 30.5 Å². The Bertz CT molecular complexity index is 941. The van der Waals surface area contributed by atoms with Gasteiger partial charge in [-0.3, -0.25) is 4.79 Å². The number of hydrogen-bond donors (Lipinski definition) is 1. The van der Waals surface area contributed by atoms with Gasteiger partial charge >= 0.3 is 0 Å². The van der Waals surface area contributed by atoms with Gasteiger partial charge in [0.25, 0.3) is 5.91 Å². The lowest BCUT2D eigenvalue weighted by Gasteiger charge is -2.27. The van der Waals surface area contributed by atoms with Crippen molar-refractivity contribution < 1.29 is 9.21 Å². The van der Waals surface area contributed by atoms with E-state index in [0.717, 1.165) is 31.2 Å². The number of oxazole rings is 1. The highest BCUT2D eigenvalue weighted by Gasteiger charge is 2.27. The number of benzene rings is 1. The third-order valence-corrected chi connectivity index (χ3v) is 5.17. The quantitative estimate of drug-likeness (QED) is 0.730. The molecule has 3 aromatic rings. The largest absolute Gasteiger partial charge is 0.435 e. The minimum Gasteiger partial charge on any atom is -0.435 e. The van der Waals surface area contributed by atoms with Gasteiger partial charge in [0.05, 0.1) is 11.7 Å². The zero-order valence-electron chi connectivity index (χ0n) is 16.1. The molecule has 28 heavy (non-hydrogen) atoms. The Morgan fingerprint density at radius 2 is 1.96 bits per heavy atom. The minimum absolute atomic E-state index is 0.121. The molecule has 0 bridgehead atoms. The van der Waals surface area contributed by atoms with Gasteiger partial charge in [-0.1, -0.05) is 37.3 Å². The molecule has 2 heterocycles. The Hall–Kier alpha value is -3.03. The van der Waals surface area contributed by atoms with Crippen molar-refractivity contribution in [3.63, 3.8) is 0 Å². The van der Waals surface area contributed by atoms with Crippen LogP contribution in [0.2, 0.25) is 0 Å². The van der Waals surface area contributed by atoms with Crippen molar-refractivity contribution >= 4 is 5.91 Å². The first kappa shape index (κ1) is 18.3. The fraction of sp³-hybridized carbons (Fsp3) is 0.450. The Morgan fingerprint density at radius 1 is 1.21 bits per heavy atom. The highest BCUT2D eigenvalue weighted by Crippen LogP contribution is 2.28. The summed E-state index contributed by atoms with van der Waals surface area (Å²) in [5.74, 6) is 1.38. The van der Waals surface area contributed by atoms with Gasteiger partial charge in [-0.15, -0.1) is 10.2 Å². The Kier molecular flexibility index (Phi) is 5.18. The lowest BCUT2D eigenvalue weighted by molar-refractivity contribution is 0.0889. The molecule has 1 saturated carbocycles. The summed E-state index contributed by atoms with van der Waals surface area (Å²) < 4.78 is 5.55.